The van der Waals surface area contributed by atoms with Gasteiger partial charge in [-0.05, 0) is 31.2 Å². The van der Waals surface area contributed by atoms with Crippen LogP contribution in [-0.2, 0) is 19.6 Å². The van der Waals surface area contributed by atoms with Gasteiger partial charge in [0, 0.05) is 19.2 Å². The third kappa shape index (κ3) is 5.61. The van der Waals surface area contributed by atoms with Gasteiger partial charge in [-0.15, -0.1) is 0 Å². The number of hydrogen-bond donors (Lipinski definition) is 1. The Balaban J connectivity index is 2.51. The third-order valence-corrected chi connectivity index (χ3v) is 5.87. The summed E-state index contributed by atoms with van der Waals surface area (Å²) in [6.45, 7) is 1.64. The highest BCUT2D eigenvalue weighted by atomic mass is 32.2. The van der Waals surface area contributed by atoms with E-state index < -0.39 is 22.5 Å². The summed E-state index contributed by atoms with van der Waals surface area (Å²) >= 11 is 0. The molecule has 2 aromatic rings. The van der Waals surface area contributed by atoms with Crippen molar-refractivity contribution < 1.29 is 27.4 Å². The molecule has 0 saturated carbocycles. The maximum absolute atomic E-state index is 13.4. The number of carbonyl (C=O) groups is 1. The molecule has 0 radical (unpaired) electrons. The second-order valence-corrected chi connectivity index (χ2v) is 8.15. The van der Waals surface area contributed by atoms with Crippen LogP contribution in [0.1, 0.15) is 6.92 Å². The first-order valence-corrected chi connectivity index (χ1v) is 10.4. The molecule has 8 nitrogen and oxygen atoms in total. The highest BCUT2D eigenvalue weighted by Gasteiger charge is 2.30. The molecular formula is C20H26N2O6S. The molecule has 0 bridgehead atoms. The fraction of sp³-hybridized carbons (Fsp3) is 0.350. The first-order chi connectivity index (χ1) is 13.8. The van der Waals surface area contributed by atoms with Gasteiger partial charge in [0.05, 0.1) is 31.4 Å². The van der Waals surface area contributed by atoms with Gasteiger partial charge in [-0.3, -0.25) is 9.10 Å². The van der Waals surface area contributed by atoms with E-state index in [9.17, 15) is 13.2 Å². The minimum atomic E-state index is -4.05. The second-order valence-electron chi connectivity index (χ2n) is 6.29. The van der Waals surface area contributed by atoms with Crippen LogP contribution in [0.5, 0.6) is 11.5 Å². The number of benzene rings is 2. The topological polar surface area (TPSA) is 94.2 Å². The van der Waals surface area contributed by atoms with Crippen molar-refractivity contribution in [3.8, 4) is 11.5 Å². The van der Waals surface area contributed by atoms with Crippen molar-refractivity contribution in [2.75, 3.05) is 38.8 Å². The van der Waals surface area contributed by atoms with Crippen molar-refractivity contribution >= 4 is 21.6 Å². The lowest BCUT2D eigenvalue weighted by Gasteiger charge is -2.26. The molecule has 0 aliphatic heterocycles. The molecule has 158 valence electrons. The quantitative estimate of drug-likeness (QED) is 0.630. The van der Waals surface area contributed by atoms with Gasteiger partial charge in [0.2, 0.25) is 5.91 Å². The standard InChI is InChI=1S/C20H26N2O6S/c1-15(14-26-2)21-20(23)13-22(29(24,25)17-8-6-5-7-9-17)18-12-16(27-3)10-11-19(18)28-4/h5-12,15H,13-14H2,1-4H3,(H,21,23)/t15-/m0/s1. The van der Waals surface area contributed by atoms with Gasteiger partial charge >= 0.3 is 0 Å². The SMILES string of the molecule is COC[C@H](C)NC(=O)CN(c1cc(OC)ccc1OC)S(=O)(=O)c1ccccc1. The smallest absolute Gasteiger partial charge is 0.264 e. The van der Waals surface area contributed by atoms with Crippen molar-refractivity contribution in [2.24, 2.45) is 0 Å². The molecule has 0 unspecified atom stereocenters. The highest BCUT2D eigenvalue weighted by Crippen LogP contribution is 2.35. The zero-order valence-corrected chi connectivity index (χ0v) is 17.7. The van der Waals surface area contributed by atoms with Crippen LogP contribution in [0.4, 0.5) is 5.69 Å². The van der Waals surface area contributed by atoms with E-state index in [2.05, 4.69) is 5.32 Å². The highest BCUT2D eigenvalue weighted by molar-refractivity contribution is 7.92. The van der Waals surface area contributed by atoms with E-state index in [1.54, 1.807) is 37.3 Å². The average Bonchev–Trinajstić information content (AvgIpc) is 2.72. The van der Waals surface area contributed by atoms with Crippen LogP contribution >= 0.6 is 0 Å². The summed E-state index contributed by atoms with van der Waals surface area (Å²) in [7, 11) is 0.377. The Morgan fingerprint density at radius 3 is 2.34 bits per heavy atom. The van der Waals surface area contributed by atoms with Gasteiger partial charge in [0.25, 0.3) is 10.0 Å². The van der Waals surface area contributed by atoms with Crippen LogP contribution < -0.4 is 19.1 Å². The van der Waals surface area contributed by atoms with Crippen molar-refractivity contribution in [3.63, 3.8) is 0 Å². The Morgan fingerprint density at radius 1 is 1.07 bits per heavy atom. The summed E-state index contributed by atoms with van der Waals surface area (Å²) in [6, 6.07) is 12.4. The Bertz CT molecular complexity index is 918. The lowest BCUT2D eigenvalue weighted by Crippen LogP contribution is -2.44. The first kappa shape index (κ1) is 22.5. The minimum absolute atomic E-state index is 0.0580. The summed E-state index contributed by atoms with van der Waals surface area (Å²) < 4.78 is 43.3. The molecular weight excluding hydrogens is 396 g/mol. The summed E-state index contributed by atoms with van der Waals surface area (Å²) in [5.74, 6) is 0.254. The molecule has 0 spiro atoms. The predicted molar refractivity (Wildman–Crippen MR) is 110 cm³/mol. The van der Waals surface area contributed by atoms with E-state index in [4.69, 9.17) is 14.2 Å². The summed E-state index contributed by atoms with van der Waals surface area (Å²) in [6.07, 6.45) is 0. The molecule has 9 heteroatoms. The predicted octanol–water partition coefficient (Wildman–Crippen LogP) is 2.05. The third-order valence-electron chi connectivity index (χ3n) is 4.10. The number of carbonyl (C=O) groups excluding carboxylic acids is 1. The van der Waals surface area contributed by atoms with E-state index in [0.717, 1.165) is 4.31 Å². The van der Waals surface area contributed by atoms with Crippen molar-refractivity contribution in [2.45, 2.75) is 17.9 Å². The number of ether oxygens (including phenoxy) is 3. The molecule has 29 heavy (non-hydrogen) atoms. The van der Waals surface area contributed by atoms with Crippen LogP contribution in [0.25, 0.3) is 0 Å². The van der Waals surface area contributed by atoms with Crippen LogP contribution in [-0.4, -0.2) is 54.8 Å². The van der Waals surface area contributed by atoms with E-state index in [-0.39, 0.29) is 16.6 Å². The van der Waals surface area contributed by atoms with Crippen molar-refractivity contribution in [3.05, 3.63) is 48.5 Å². The first-order valence-electron chi connectivity index (χ1n) is 8.91. The second kappa shape index (κ2) is 10.1. The Labute approximate surface area is 171 Å². The maximum Gasteiger partial charge on any atom is 0.264 e. The number of rotatable bonds is 10. The lowest BCUT2D eigenvalue weighted by atomic mass is 10.2. The van der Waals surface area contributed by atoms with Gasteiger partial charge < -0.3 is 19.5 Å². The molecule has 0 aromatic heterocycles. The Morgan fingerprint density at radius 2 is 1.76 bits per heavy atom. The van der Waals surface area contributed by atoms with Crippen LogP contribution in [0.3, 0.4) is 0 Å². The van der Waals surface area contributed by atoms with Gasteiger partial charge in [0.1, 0.15) is 18.0 Å². The number of sulfonamides is 1. The molecule has 1 N–H and O–H groups in total. The fourth-order valence-corrected chi connectivity index (χ4v) is 4.20. The van der Waals surface area contributed by atoms with Gasteiger partial charge in [-0.25, -0.2) is 8.42 Å². The molecule has 2 aromatic carbocycles. The number of nitrogens with zero attached hydrogens (tertiary/aromatic N) is 1. The Hall–Kier alpha value is -2.78. The minimum Gasteiger partial charge on any atom is -0.497 e. The molecule has 0 saturated heterocycles. The van der Waals surface area contributed by atoms with E-state index in [1.165, 1.54) is 39.5 Å². The molecule has 1 atom stereocenters. The molecule has 0 heterocycles. The monoisotopic (exact) mass is 422 g/mol. The van der Waals surface area contributed by atoms with Gasteiger partial charge in [0.15, 0.2) is 0 Å². The van der Waals surface area contributed by atoms with E-state index in [1.807, 2.05) is 0 Å². The number of hydrogen-bond acceptors (Lipinski definition) is 6. The summed E-state index contributed by atoms with van der Waals surface area (Å²) in [4.78, 5) is 12.7. The van der Waals surface area contributed by atoms with Crippen molar-refractivity contribution in [1.29, 1.82) is 0 Å². The van der Waals surface area contributed by atoms with Crippen LogP contribution in [0, 0.1) is 0 Å². The average molecular weight is 423 g/mol. The van der Waals surface area contributed by atoms with Crippen LogP contribution in [0.2, 0.25) is 0 Å². The summed E-state index contributed by atoms with van der Waals surface area (Å²) in [5, 5.41) is 2.73. The van der Waals surface area contributed by atoms with Crippen molar-refractivity contribution in [1.82, 2.24) is 5.32 Å². The number of methoxy groups -OCH3 is 3. The fourth-order valence-electron chi connectivity index (χ4n) is 2.75. The largest absolute Gasteiger partial charge is 0.497 e. The molecule has 1 amide bonds. The lowest BCUT2D eigenvalue weighted by molar-refractivity contribution is -0.120. The zero-order valence-electron chi connectivity index (χ0n) is 16.9. The molecule has 0 aliphatic rings. The number of amides is 1. The maximum atomic E-state index is 13.4. The van der Waals surface area contributed by atoms with Gasteiger partial charge in [-0.2, -0.15) is 0 Å². The molecule has 0 fully saturated rings. The van der Waals surface area contributed by atoms with Gasteiger partial charge in [-0.1, -0.05) is 18.2 Å². The zero-order chi connectivity index (χ0) is 21.4. The molecule has 2 rings (SSSR count). The summed E-state index contributed by atoms with van der Waals surface area (Å²) in [5.41, 5.74) is 0.199. The van der Waals surface area contributed by atoms with E-state index in [0.29, 0.717) is 18.1 Å². The number of anilines is 1. The normalized spacial score (nSPS) is 12.1. The Kier molecular flexibility index (Phi) is 7.86. The van der Waals surface area contributed by atoms with E-state index >= 15 is 0 Å². The van der Waals surface area contributed by atoms with Crippen LogP contribution in [0.15, 0.2) is 53.4 Å². The molecule has 0 aliphatic carbocycles. The number of nitrogens with one attached hydrogen (secondary N) is 1.